The van der Waals surface area contributed by atoms with Gasteiger partial charge in [0.2, 0.25) is 0 Å². The largest absolute Gasteiger partial charge is 0.444 e. The van der Waals surface area contributed by atoms with Crippen LogP contribution in [-0.4, -0.2) is 45.4 Å². The number of H-pyrrole nitrogens is 1. The Balaban J connectivity index is 1.78. The third-order valence-electron chi connectivity index (χ3n) is 3.48. The molecule has 0 aliphatic carbocycles. The Morgan fingerprint density at radius 3 is 2.62 bits per heavy atom. The van der Waals surface area contributed by atoms with Crippen LogP contribution in [0.4, 0.5) is 4.79 Å². The number of ketones is 1. The molecular formula is C15H22N3O3. The molecule has 1 aromatic rings. The van der Waals surface area contributed by atoms with Crippen molar-refractivity contribution < 1.29 is 14.3 Å². The van der Waals surface area contributed by atoms with Crippen LogP contribution in [0.15, 0.2) is 6.20 Å². The third kappa shape index (κ3) is 4.58. The molecule has 2 heterocycles. The Morgan fingerprint density at radius 1 is 1.43 bits per heavy atom. The molecule has 1 fully saturated rings. The van der Waals surface area contributed by atoms with E-state index in [9.17, 15) is 9.59 Å². The van der Waals surface area contributed by atoms with Gasteiger partial charge in [0, 0.05) is 25.7 Å². The molecule has 0 unspecified atom stereocenters. The molecule has 0 saturated carbocycles. The number of aromatic amines is 1. The minimum absolute atomic E-state index is 0.0308. The standard InChI is InChI=1S/C15H22N3O3/c1-15(2,3)21-14(20)18-6-4-11(5-7-18)8-13(19)12-9-16-10-17-12/h9,11H,4-8H2,1-3H3,(H,16,17). The van der Waals surface area contributed by atoms with Crippen molar-refractivity contribution >= 4 is 11.9 Å². The van der Waals surface area contributed by atoms with Crippen LogP contribution in [0.3, 0.4) is 0 Å². The smallest absolute Gasteiger partial charge is 0.410 e. The Bertz CT molecular complexity index is 483. The van der Waals surface area contributed by atoms with Crippen LogP contribution in [0, 0.1) is 12.2 Å². The lowest BCUT2D eigenvalue weighted by Gasteiger charge is -2.33. The number of carbonyl (C=O) groups is 2. The molecule has 1 aromatic heterocycles. The van der Waals surface area contributed by atoms with Crippen LogP contribution in [0.1, 0.15) is 50.5 Å². The van der Waals surface area contributed by atoms with Gasteiger partial charge in [-0.3, -0.25) is 4.79 Å². The molecule has 0 bridgehead atoms. The molecular weight excluding hydrogens is 270 g/mol. The number of hydrogen-bond donors (Lipinski definition) is 1. The Kier molecular flexibility index (Phi) is 4.65. The number of likely N-dealkylation sites (tertiary alicyclic amines) is 1. The van der Waals surface area contributed by atoms with Gasteiger partial charge in [-0.1, -0.05) is 0 Å². The molecule has 6 nitrogen and oxygen atoms in total. The normalized spacial score (nSPS) is 16.8. The number of nitrogens with zero attached hydrogens (tertiary/aromatic N) is 2. The summed E-state index contributed by atoms with van der Waals surface area (Å²) in [5.74, 6) is 0.330. The molecule has 21 heavy (non-hydrogen) atoms. The van der Waals surface area contributed by atoms with Crippen LogP contribution in [0.25, 0.3) is 0 Å². The van der Waals surface area contributed by atoms with Crippen LogP contribution < -0.4 is 0 Å². The second-order valence-electron chi connectivity index (χ2n) is 6.44. The van der Waals surface area contributed by atoms with Gasteiger partial charge in [0.05, 0.1) is 0 Å². The maximum absolute atomic E-state index is 12.0. The van der Waals surface area contributed by atoms with Crippen molar-refractivity contribution in [3.8, 4) is 0 Å². The van der Waals surface area contributed by atoms with E-state index in [0.29, 0.717) is 31.1 Å². The van der Waals surface area contributed by atoms with Crippen molar-refractivity contribution in [3.05, 3.63) is 18.2 Å². The highest BCUT2D eigenvalue weighted by Gasteiger charge is 2.28. The van der Waals surface area contributed by atoms with Crippen LogP contribution in [-0.2, 0) is 4.74 Å². The molecule has 1 N–H and O–H groups in total. The fraction of sp³-hybridized carbons (Fsp3) is 0.667. The highest BCUT2D eigenvalue weighted by atomic mass is 16.6. The molecule has 2 rings (SSSR count). The lowest BCUT2D eigenvalue weighted by molar-refractivity contribution is 0.0183. The van der Waals surface area contributed by atoms with E-state index in [4.69, 9.17) is 4.74 Å². The first-order valence-electron chi connectivity index (χ1n) is 7.28. The van der Waals surface area contributed by atoms with Crippen molar-refractivity contribution in [2.75, 3.05) is 13.1 Å². The number of carbonyl (C=O) groups excluding carboxylic acids is 2. The zero-order chi connectivity index (χ0) is 15.5. The van der Waals surface area contributed by atoms with Crippen LogP contribution >= 0.6 is 0 Å². The fourth-order valence-electron chi connectivity index (χ4n) is 2.38. The van der Waals surface area contributed by atoms with E-state index >= 15 is 0 Å². The van der Waals surface area contributed by atoms with Crippen molar-refractivity contribution in [1.82, 2.24) is 14.9 Å². The first kappa shape index (κ1) is 15.5. The molecule has 115 valence electrons. The zero-order valence-electron chi connectivity index (χ0n) is 12.8. The van der Waals surface area contributed by atoms with Crippen molar-refractivity contribution in [2.45, 2.75) is 45.6 Å². The van der Waals surface area contributed by atoms with E-state index in [1.807, 2.05) is 20.8 Å². The minimum Gasteiger partial charge on any atom is -0.444 e. The highest BCUT2D eigenvalue weighted by Crippen LogP contribution is 2.23. The summed E-state index contributed by atoms with van der Waals surface area (Å²) < 4.78 is 5.35. The monoisotopic (exact) mass is 292 g/mol. The second-order valence-corrected chi connectivity index (χ2v) is 6.44. The molecule has 1 saturated heterocycles. The van der Waals surface area contributed by atoms with E-state index in [2.05, 4.69) is 16.3 Å². The molecule has 1 aliphatic heterocycles. The van der Waals surface area contributed by atoms with Gasteiger partial charge in [-0.25, -0.2) is 9.78 Å². The Hall–Kier alpha value is -1.85. The quantitative estimate of drug-likeness (QED) is 0.868. The van der Waals surface area contributed by atoms with Gasteiger partial charge >= 0.3 is 6.09 Å². The summed E-state index contributed by atoms with van der Waals surface area (Å²) >= 11 is 0. The molecule has 1 aliphatic rings. The number of ether oxygens (including phenoxy) is 1. The number of hydrogen-bond acceptors (Lipinski definition) is 4. The first-order chi connectivity index (χ1) is 9.85. The average molecular weight is 292 g/mol. The lowest BCUT2D eigenvalue weighted by atomic mass is 9.91. The maximum Gasteiger partial charge on any atom is 0.410 e. The molecule has 0 atom stereocenters. The summed E-state index contributed by atoms with van der Waals surface area (Å²) in [5, 5.41) is 0. The molecule has 0 spiro atoms. The number of amides is 1. The van der Waals surface area contributed by atoms with Gasteiger partial charge in [-0.05, 0) is 39.5 Å². The van der Waals surface area contributed by atoms with E-state index < -0.39 is 5.60 Å². The molecule has 1 radical (unpaired) electrons. The zero-order valence-corrected chi connectivity index (χ0v) is 12.8. The average Bonchev–Trinajstić information content (AvgIpc) is 2.91. The van der Waals surface area contributed by atoms with E-state index in [0.717, 1.165) is 12.8 Å². The van der Waals surface area contributed by atoms with Gasteiger partial charge in [-0.15, -0.1) is 0 Å². The summed E-state index contributed by atoms with van der Waals surface area (Å²) in [6, 6.07) is 0. The van der Waals surface area contributed by atoms with Crippen molar-refractivity contribution in [3.63, 3.8) is 0 Å². The topological polar surface area (TPSA) is 75.3 Å². The lowest BCUT2D eigenvalue weighted by Crippen LogP contribution is -2.42. The number of aromatic nitrogens is 2. The second kappa shape index (κ2) is 6.28. The predicted molar refractivity (Wildman–Crippen MR) is 76.9 cm³/mol. The van der Waals surface area contributed by atoms with E-state index in [1.54, 1.807) is 11.1 Å². The number of nitrogens with one attached hydrogen (secondary N) is 1. The molecule has 0 aromatic carbocycles. The summed E-state index contributed by atoms with van der Waals surface area (Å²) in [5.41, 5.74) is -0.0371. The van der Waals surface area contributed by atoms with Gasteiger partial charge in [0.25, 0.3) is 0 Å². The minimum atomic E-state index is -0.472. The van der Waals surface area contributed by atoms with Gasteiger partial charge in [0.15, 0.2) is 12.1 Å². The third-order valence-corrected chi connectivity index (χ3v) is 3.48. The summed E-state index contributed by atoms with van der Waals surface area (Å²) in [7, 11) is 0. The Morgan fingerprint density at radius 2 is 2.10 bits per heavy atom. The van der Waals surface area contributed by atoms with Crippen molar-refractivity contribution in [1.29, 1.82) is 0 Å². The summed E-state index contributed by atoms with van der Waals surface area (Å²) in [6.07, 6.45) is 5.93. The number of piperidine rings is 1. The number of Topliss-reactive ketones (excluding diaryl/α,β-unsaturated/α-hetero) is 1. The van der Waals surface area contributed by atoms with Gasteiger partial charge in [0.1, 0.15) is 11.3 Å². The van der Waals surface area contributed by atoms with Crippen molar-refractivity contribution in [2.24, 2.45) is 5.92 Å². The molecule has 6 heteroatoms. The van der Waals surface area contributed by atoms with Gasteiger partial charge in [-0.2, -0.15) is 0 Å². The summed E-state index contributed by atoms with van der Waals surface area (Å²) in [4.78, 5) is 32.1. The van der Waals surface area contributed by atoms with E-state index in [1.165, 1.54) is 0 Å². The van der Waals surface area contributed by atoms with E-state index in [-0.39, 0.29) is 11.9 Å². The predicted octanol–water partition coefficient (Wildman–Crippen LogP) is 2.43. The first-order valence-corrected chi connectivity index (χ1v) is 7.28. The number of imidazole rings is 1. The molecule has 1 amide bonds. The number of rotatable bonds is 3. The fourth-order valence-corrected chi connectivity index (χ4v) is 2.38. The van der Waals surface area contributed by atoms with Crippen LogP contribution in [0.2, 0.25) is 0 Å². The summed E-state index contributed by atoms with van der Waals surface area (Å²) in [6.45, 7) is 6.85. The SMILES string of the molecule is CC(C)(C)OC(=O)N1CCC(CC(=O)c2c[nH][c]n2)CC1. The highest BCUT2D eigenvalue weighted by molar-refractivity contribution is 5.94. The Labute approximate surface area is 124 Å². The van der Waals surface area contributed by atoms with Gasteiger partial charge < -0.3 is 14.6 Å². The maximum atomic E-state index is 12.0. The van der Waals surface area contributed by atoms with Crippen LogP contribution in [0.5, 0.6) is 0 Å².